The molecule has 1 N–H and O–H groups in total. The molecule has 0 saturated heterocycles. The SMILES string of the molecule is O=C(NCC1CC=CCC1)c1ccc(Cl)nn1. The number of nitrogens with one attached hydrogen (secondary N) is 1. The van der Waals surface area contributed by atoms with Crippen LogP contribution >= 0.6 is 11.6 Å². The van der Waals surface area contributed by atoms with Crippen LogP contribution in [-0.2, 0) is 0 Å². The molecule has 1 amide bonds. The van der Waals surface area contributed by atoms with Gasteiger partial charge in [0.05, 0.1) is 0 Å². The molecule has 1 aromatic heterocycles. The first-order valence-electron chi connectivity index (χ1n) is 5.68. The highest BCUT2D eigenvalue weighted by molar-refractivity contribution is 6.29. The molecule has 0 aromatic carbocycles. The summed E-state index contributed by atoms with van der Waals surface area (Å²) in [5.74, 6) is 0.341. The molecule has 0 fully saturated rings. The summed E-state index contributed by atoms with van der Waals surface area (Å²) in [6.45, 7) is 0.688. The summed E-state index contributed by atoms with van der Waals surface area (Å²) < 4.78 is 0. The second kappa shape index (κ2) is 5.77. The Bertz CT molecular complexity index is 416. The molecule has 17 heavy (non-hydrogen) atoms. The largest absolute Gasteiger partial charge is 0.350 e. The number of hydrogen-bond donors (Lipinski definition) is 1. The van der Waals surface area contributed by atoms with E-state index in [1.165, 1.54) is 0 Å². The number of amides is 1. The van der Waals surface area contributed by atoms with Gasteiger partial charge in [0.25, 0.3) is 5.91 Å². The highest BCUT2D eigenvalue weighted by Crippen LogP contribution is 2.16. The summed E-state index contributed by atoms with van der Waals surface area (Å²) in [6, 6.07) is 3.14. The quantitative estimate of drug-likeness (QED) is 0.838. The third-order valence-electron chi connectivity index (χ3n) is 2.79. The molecule has 0 bridgehead atoms. The molecule has 0 radical (unpaired) electrons. The van der Waals surface area contributed by atoms with Crippen LogP contribution < -0.4 is 5.32 Å². The number of carbonyl (C=O) groups is 1. The number of aromatic nitrogens is 2. The van der Waals surface area contributed by atoms with Crippen molar-refractivity contribution >= 4 is 17.5 Å². The van der Waals surface area contributed by atoms with Crippen LogP contribution in [0.25, 0.3) is 0 Å². The average Bonchev–Trinajstić information content (AvgIpc) is 2.38. The Kier molecular flexibility index (Phi) is 4.09. The van der Waals surface area contributed by atoms with Crippen molar-refractivity contribution in [3.05, 3.63) is 35.1 Å². The van der Waals surface area contributed by atoms with Crippen LogP contribution in [0.1, 0.15) is 29.8 Å². The van der Waals surface area contributed by atoms with E-state index in [0.717, 1.165) is 19.3 Å². The topological polar surface area (TPSA) is 54.9 Å². The number of halogens is 1. The fraction of sp³-hybridized carbons (Fsp3) is 0.417. The van der Waals surface area contributed by atoms with Crippen LogP contribution in [-0.4, -0.2) is 22.6 Å². The first kappa shape index (κ1) is 12.0. The molecule has 0 saturated carbocycles. The zero-order valence-electron chi connectivity index (χ0n) is 9.40. The van der Waals surface area contributed by atoms with Crippen molar-refractivity contribution < 1.29 is 4.79 Å². The Balaban J connectivity index is 1.84. The van der Waals surface area contributed by atoms with Gasteiger partial charge in [-0.3, -0.25) is 4.79 Å². The summed E-state index contributed by atoms with van der Waals surface area (Å²) in [5, 5.41) is 10.5. The molecule has 2 rings (SSSR count). The van der Waals surface area contributed by atoms with Gasteiger partial charge in [-0.25, -0.2) is 0 Å². The van der Waals surface area contributed by atoms with E-state index < -0.39 is 0 Å². The molecule has 0 aliphatic heterocycles. The molecule has 1 unspecified atom stereocenters. The average molecular weight is 252 g/mol. The molecular formula is C12H14ClN3O. The monoisotopic (exact) mass is 251 g/mol. The third-order valence-corrected chi connectivity index (χ3v) is 3.00. The summed E-state index contributed by atoms with van der Waals surface area (Å²) in [6.07, 6.45) is 7.61. The summed E-state index contributed by atoms with van der Waals surface area (Å²) >= 11 is 5.60. The Morgan fingerprint density at radius 2 is 2.29 bits per heavy atom. The molecule has 1 heterocycles. The van der Waals surface area contributed by atoms with Gasteiger partial charge in [0.15, 0.2) is 10.8 Å². The lowest BCUT2D eigenvalue weighted by Crippen LogP contribution is -2.30. The van der Waals surface area contributed by atoms with Gasteiger partial charge in [-0.2, -0.15) is 0 Å². The Morgan fingerprint density at radius 3 is 2.94 bits per heavy atom. The van der Waals surface area contributed by atoms with Crippen molar-refractivity contribution in [2.75, 3.05) is 6.54 Å². The lowest BCUT2D eigenvalue weighted by molar-refractivity contribution is 0.0940. The van der Waals surface area contributed by atoms with Crippen molar-refractivity contribution in [2.45, 2.75) is 19.3 Å². The molecular weight excluding hydrogens is 238 g/mol. The molecule has 0 spiro atoms. The Hall–Kier alpha value is -1.42. The van der Waals surface area contributed by atoms with E-state index in [0.29, 0.717) is 23.3 Å². The molecule has 1 aliphatic rings. The number of hydrogen-bond acceptors (Lipinski definition) is 3. The van der Waals surface area contributed by atoms with E-state index >= 15 is 0 Å². The Morgan fingerprint density at radius 1 is 1.41 bits per heavy atom. The summed E-state index contributed by atoms with van der Waals surface area (Å²) in [5.41, 5.74) is 0.306. The molecule has 90 valence electrons. The maximum absolute atomic E-state index is 11.7. The maximum Gasteiger partial charge on any atom is 0.271 e. The minimum Gasteiger partial charge on any atom is -0.350 e. The van der Waals surface area contributed by atoms with Crippen molar-refractivity contribution in [3.63, 3.8) is 0 Å². The minimum atomic E-state index is -0.191. The van der Waals surface area contributed by atoms with Crippen LogP contribution in [0.3, 0.4) is 0 Å². The zero-order valence-corrected chi connectivity index (χ0v) is 10.2. The van der Waals surface area contributed by atoms with Crippen molar-refractivity contribution in [3.8, 4) is 0 Å². The molecule has 5 heteroatoms. The standard InChI is InChI=1S/C12H14ClN3O/c13-11-7-6-10(15-16-11)12(17)14-8-9-4-2-1-3-5-9/h1-2,6-7,9H,3-5,8H2,(H,14,17). The fourth-order valence-electron chi connectivity index (χ4n) is 1.81. The van der Waals surface area contributed by atoms with Crippen LogP contribution in [0, 0.1) is 5.92 Å². The summed E-state index contributed by atoms with van der Waals surface area (Å²) in [7, 11) is 0. The first-order valence-corrected chi connectivity index (χ1v) is 6.06. The second-order valence-electron chi connectivity index (χ2n) is 4.10. The van der Waals surface area contributed by atoms with Gasteiger partial charge in [-0.15, -0.1) is 10.2 Å². The predicted octanol–water partition coefficient (Wildman–Crippen LogP) is 2.22. The van der Waals surface area contributed by atoms with Gasteiger partial charge < -0.3 is 5.32 Å². The lowest BCUT2D eigenvalue weighted by atomic mass is 9.94. The highest BCUT2D eigenvalue weighted by Gasteiger charge is 2.13. The van der Waals surface area contributed by atoms with Gasteiger partial charge in [-0.1, -0.05) is 23.8 Å². The van der Waals surface area contributed by atoms with Crippen molar-refractivity contribution in [1.82, 2.24) is 15.5 Å². The zero-order chi connectivity index (χ0) is 12.1. The third kappa shape index (κ3) is 3.53. The normalized spacial score (nSPS) is 19.0. The molecule has 1 aromatic rings. The number of nitrogens with zero attached hydrogens (tertiary/aromatic N) is 2. The highest BCUT2D eigenvalue weighted by atomic mass is 35.5. The fourth-order valence-corrected chi connectivity index (χ4v) is 1.91. The lowest BCUT2D eigenvalue weighted by Gasteiger charge is -2.17. The van der Waals surface area contributed by atoms with E-state index in [1.54, 1.807) is 12.1 Å². The number of rotatable bonds is 3. The van der Waals surface area contributed by atoms with E-state index in [-0.39, 0.29) is 5.91 Å². The van der Waals surface area contributed by atoms with E-state index in [1.807, 2.05) is 0 Å². The molecule has 4 nitrogen and oxygen atoms in total. The van der Waals surface area contributed by atoms with Gasteiger partial charge in [0, 0.05) is 6.54 Å². The second-order valence-corrected chi connectivity index (χ2v) is 4.49. The molecule has 1 atom stereocenters. The van der Waals surface area contributed by atoms with Gasteiger partial charge in [0.1, 0.15) is 0 Å². The number of carbonyl (C=O) groups excluding carboxylic acids is 1. The van der Waals surface area contributed by atoms with Gasteiger partial charge in [-0.05, 0) is 37.3 Å². The van der Waals surface area contributed by atoms with E-state index in [9.17, 15) is 4.79 Å². The van der Waals surface area contributed by atoms with Gasteiger partial charge >= 0.3 is 0 Å². The smallest absolute Gasteiger partial charge is 0.271 e. The van der Waals surface area contributed by atoms with Crippen LogP contribution in [0.15, 0.2) is 24.3 Å². The summed E-state index contributed by atoms with van der Waals surface area (Å²) in [4.78, 5) is 11.7. The Labute approximate surface area is 105 Å². The van der Waals surface area contributed by atoms with Crippen molar-refractivity contribution in [2.24, 2.45) is 5.92 Å². The van der Waals surface area contributed by atoms with Crippen LogP contribution in [0.4, 0.5) is 0 Å². The molecule has 1 aliphatic carbocycles. The predicted molar refractivity (Wildman–Crippen MR) is 65.9 cm³/mol. The number of allylic oxidation sites excluding steroid dienone is 2. The first-order chi connectivity index (χ1) is 8.25. The maximum atomic E-state index is 11.7. The van der Waals surface area contributed by atoms with Gasteiger partial charge in [0.2, 0.25) is 0 Å². The van der Waals surface area contributed by atoms with Crippen LogP contribution in [0.2, 0.25) is 5.15 Å². The van der Waals surface area contributed by atoms with Crippen LogP contribution in [0.5, 0.6) is 0 Å². The minimum absolute atomic E-state index is 0.191. The van der Waals surface area contributed by atoms with E-state index in [4.69, 9.17) is 11.6 Å². The van der Waals surface area contributed by atoms with Crippen molar-refractivity contribution in [1.29, 1.82) is 0 Å². The van der Waals surface area contributed by atoms with E-state index in [2.05, 4.69) is 27.7 Å².